The summed E-state index contributed by atoms with van der Waals surface area (Å²) in [6, 6.07) is 8.36. The van der Waals surface area contributed by atoms with E-state index in [4.69, 9.17) is 0 Å². The summed E-state index contributed by atoms with van der Waals surface area (Å²) in [5, 5.41) is 0. The zero-order chi connectivity index (χ0) is 13.1. The molecule has 1 aliphatic heterocycles. The molecular weight excluding hydrogens is 234 g/mol. The fraction of sp³-hybridized carbons (Fsp3) is 0.588. The lowest BCUT2D eigenvalue weighted by Crippen LogP contribution is -2.37. The molecule has 0 spiro atoms. The lowest BCUT2D eigenvalue weighted by molar-refractivity contribution is -0.132. The molecule has 2 aliphatic rings. The average molecular weight is 257 g/mol. The second-order valence-electron chi connectivity index (χ2n) is 6.05. The highest BCUT2D eigenvalue weighted by Gasteiger charge is 2.23. The first kappa shape index (κ1) is 12.7. The zero-order valence-corrected chi connectivity index (χ0v) is 11.6. The second kappa shape index (κ2) is 5.77. The number of carbonyl (C=O) groups excluding carboxylic acids is 1. The van der Waals surface area contributed by atoms with Crippen LogP contribution in [0.4, 0.5) is 0 Å². The van der Waals surface area contributed by atoms with Crippen LogP contribution in [0.1, 0.15) is 49.7 Å². The summed E-state index contributed by atoms with van der Waals surface area (Å²) < 4.78 is 0. The largest absolute Gasteiger partial charge is 0.338 e. The van der Waals surface area contributed by atoms with Gasteiger partial charge in [-0.2, -0.15) is 0 Å². The van der Waals surface area contributed by atoms with E-state index in [2.05, 4.69) is 23.1 Å². The van der Waals surface area contributed by atoms with Crippen LogP contribution in [0.2, 0.25) is 0 Å². The van der Waals surface area contributed by atoms with Crippen LogP contribution in [0.5, 0.6) is 0 Å². The predicted octanol–water partition coefficient (Wildman–Crippen LogP) is 3.54. The van der Waals surface area contributed by atoms with Crippen LogP contribution in [-0.4, -0.2) is 17.4 Å². The minimum Gasteiger partial charge on any atom is -0.338 e. The summed E-state index contributed by atoms with van der Waals surface area (Å²) in [5.74, 6) is 1.17. The van der Waals surface area contributed by atoms with Gasteiger partial charge in [-0.3, -0.25) is 4.79 Å². The first-order valence-corrected chi connectivity index (χ1v) is 7.67. The molecule has 1 aromatic carbocycles. The van der Waals surface area contributed by atoms with E-state index in [0.717, 1.165) is 19.0 Å². The Kier molecular flexibility index (Phi) is 3.86. The lowest BCUT2D eigenvalue weighted by atomic mass is 9.86. The van der Waals surface area contributed by atoms with Gasteiger partial charge in [-0.15, -0.1) is 0 Å². The first-order valence-electron chi connectivity index (χ1n) is 7.67. The molecule has 1 heterocycles. The molecule has 0 aromatic heterocycles. The highest BCUT2D eigenvalue weighted by molar-refractivity contribution is 5.80. The van der Waals surface area contributed by atoms with E-state index < -0.39 is 0 Å². The molecule has 0 bridgehead atoms. The van der Waals surface area contributed by atoms with Gasteiger partial charge in [-0.05, 0) is 23.5 Å². The normalized spacial score (nSPS) is 20.4. The van der Waals surface area contributed by atoms with Crippen molar-refractivity contribution < 1.29 is 4.79 Å². The molecule has 0 unspecified atom stereocenters. The van der Waals surface area contributed by atoms with Gasteiger partial charge in [0.15, 0.2) is 0 Å². The minimum atomic E-state index is 0.314. The molecule has 19 heavy (non-hydrogen) atoms. The molecule has 2 nitrogen and oxygen atoms in total. The number of nitrogens with zero attached hydrogens (tertiary/aromatic N) is 1. The molecule has 0 saturated heterocycles. The van der Waals surface area contributed by atoms with Gasteiger partial charge in [-0.1, -0.05) is 56.4 Å². The average Bonchev–Trinajstić information content (AvgIpc) is 2.46. The second-order valence-corrected chi connectivity index (χ2v) is 6.05. The number of carbonyl (C=O) groups is 1. The van der Waals surface area contributed by atoms with Crippen molar-refractivity contribution in [2.24, 2.45) is 5.92 Å². The lowest BCUT2D eigenvalue weighted by Gasteiger charge is -2.31. The van der Waals surface area contributed by atoms with Gasteiger partial charge in [0.1, 0.15) is 0 Å². The summed E-state index contributed by atoms with van der Waals surface area (Å²) >= 11 is 0. The Morgan fingerprint density at radius 3 is 2.58 bits per heavy atom. The van der Waals surface area contributed by atoms with Crippen molar-refractivity contribution >= 4 is 5.91 Å². The van der Waals surface area contributed by atoms with Crippen molar-refractivity contribution in [1.82, 2.24) is 4.90 Å². The topological polar surface area (TPSA) is 20.3 Å². The Balaban J connectivity index is 1.58. The van der Waals surface area contributed by atoms with E-state index in [-0.39, 0.29) is 0 Å². The van der Waals surface area contributed by atoms with Crippen LogP contribution in [0.3, 0.4) is 0 Å². The minimum absolute atomic E-state index is 0.314. The third kappa shape index (κ3) is 2.99. The molecule has 1 fully saturated rings. The molecule has 1 amide bonds. The summed E-state index contributed by atoms with van der Waals surface area (Å²) in [6.07, 6.45) is 8.74. The first-order chi connectivity index (χ1) is 9.33. The fourth-order valence-corrected chi connectivity index (χ4v) is 3.47. The molecule has 1 aromatic rings. The monoisotopic (exact) mass is 257 g/mol. The van der Waals surface area contributed by atoms with Crippen LogP contribution in [0.25, 0.3) is 0 Å². The maximum Gasteiger partial charge on any atom is 0.227 e. The SMILES string of the molecule is O=C1Cc2ccccc2CN1CCC1CCCCC1. The Labute approximate surface area is 115 Å². The van der Waals surface area contributed by atoms with Crippen LogP contribution >= 0.6 is 0 Å². The van der Waals surface area contributed by atoms with E-state index in [9.17, 15) is 4.79 Å². The highest BCUT2D eigenvalue weighted by Crippen LogP contribution is 2.27. The molecule has 0 N–H and O–H groups in total. The Morgan fingerprint density at radius 2 is 1.79 bits per heavy atom. The maximum atomic E-state index is 12.2. The van der Waals surface area contributed by atoms with Gasteiger partial charge in [0.2, 0.25) is 5.91 Å². The quantitative estimate of drug-likeness (QED) is 0.811. The number of hydrogen-bond donors (Lipinski definition) is 0. The molecule has 3 rings (SSSR count). The van der Waals surface area contributed by atoms with Crippen molar-refractivity contribution in [3.63, 3.8) is 0 Å². The van der Waals surface area contributed by atoms with Crippen molar-refractivity contribution in [3.05, 3.63) is 35.4 Å². The molecule has 1 saturated carbocycles. The standard InChI is InChI=1S/C17H23NO/c19-17-12-15-8-4-5-9-16(15)13-18(17)11-10-14-6-2-1-3-7-14/h4-5,8-9,14H,1-3,6-7,10-13H2. The van der Waals surface area contributed by atoms with Crippen LogP contribution in [-0.2, 0) is 17.8 Å². The van der Waals surface area contributed by atoms with Crippen LogP contribution < -0.4 is 0 Å². The molecule has 1 aliphatic carbocycles. The maximum absolute atomic E-state index is 12.2. The van der Waals surface area contributed by atoms with E-state index in [1.54, 1.807) is 0 Å². The van der Waals surface area contributed by atoms with E-state index in [0.29, 0.717) is 12.3 Å². The Bertz CT molecular complexity index is 448. The molecular formula is C17H23NO. The molecule has 0 radical (unpaired) electrons. The van der Waals surface area contributed by atoms with Gasteiger partial charge in [-0.25, -0.2) is 0 Å². The number of benzene rings is 1. The highest BCUT2D eigenvalue weighted by atomic mass is 16.2. The zero-order valence-electron chi connectivity index (χ0n) is 11.6. The van der Waals surface area contributed by atoms with E-state index in [1.807, 2.05) is 6.07 Å². The summed E-state index contributed by atoms with van der Waals surface area (Å²) in [6.45, 7) is 1.78. The summed E-state index contributed by atoms with van der Waals surface area (Å²) in [7, 11) is 0. The predicted molar refractivity (Wildman–Crippen MR) is 76.8 cm³/mol. The number of amides is 1. The van der Waals surface area contributed by atoms with Crippen molar-refractivity contribution in [2.75, 3.05) is 6.54 Å². The summed E-state index contributed by atoms with van der Waals surface area (Å²) in [4.78, 5) is 14.2. The van der Waals surface area contributed by atoms with Gasteiger partial charge in [0.05, 0.1) is 6.42 Å². The number of rotatable bonds is 3. The fourth-order valence-electron chi connectivity index (χ4n) is 3.47. The van der Waals surface area contributed by atoms with Gasteiger partial charge < -0.3 is 4.90 Å². The van der Waals surface area contributed by atoms with Crippen LogP contribution in [0.15, 0.2) is 24.3 Å². The van der Waals surface area contributed by atoms with E-state index in [1.165, 1.54) is 49.7 Å². The molecule has 102 valence electrons. The number of fused-ring (bicyclic) bond motifs is 1. The molecule has 2 heteroatoms. The summed E-state index contributed by atoms with van der Waals surface area (Å²) in [5.41, 5.74) is 2.56. The van der Waals surface area contributed by atoms with Crippen LogP contribution in [0, 0.1) is 5.92 Å². The Morgan fingerprint density at radius 1 is 1.05 bits per heavy atom. The van der Waals surface area contributed by atoms with Crippen molar-refractivity contribution in [1.29, 1.82) is 0 Å². The molecule has 0 atom stereocenters. The van der Waals surface area contributed by atoms with E-state index >= 15 is 0 Å². The van der Waals surface area contributed by atoms with Crippen molar-refractivity contribution in [2.45, 2.75) is 51.5 Å². The van der Waals surface area contributed by atoms with Gasteiger partial charge >= 0.3 is 0 Å². The van der Waals surface area contributed by atoms with Crippen molar-refractivity contribution in [3.8, 4) is 0 Å². The Hall–Kier alpha value is -1.31. The third-order valence-electron chi connectivity index (χ3n) is 4.71. The third-order valence-corrected chi connectivity index (χ3v) is 4.71. The number of hydrogen-bond acceptors (Lipinski definition) is 1. The van der Waals surface area contributed by atoms with Gasteiger partial charge in [0.25, 0.3) is 0 Å². The smallest absolute Gasteiger partial charge is 0.227 e. The van der Waals surface area contributed by atoms with Gasteiger partial charge in [0, 0.05) is 13.1 Å².